The summed E-state index contributed by atoms with van der Waals surface area (Å²) < 4.78 is 1.46. The molecule has 0 aromatic heterocycles. The molecular weight excluding hydrogens is 558 g/mol. The van der Waals surface area contributed by atoms with Crippen molar-refractivity contribution >= 4 is 3.21 Å². The number of rotatable bonds is 1. The van der Waals surface area contributed by atoms with E-state index in [9.17, 15) is 0 Å². The second-order valence-corrected chi connectivity index (χ2v) is 12.1. The van der Waals surface area contributed by atoms with E-state index in [0.29, 0.717) is 5.41 Å². The van der Waals surface area contributed by atoms with Crippen molar-refractivity contribution in [1.82, 2.24) is 0 Å². The molecule has 5 rings (SSSR count). The summed E-state index contributed by atoms with van der Waals surface area (Å²) in [5.74, 6) is 0. The fourth-order valence-electron chi connectivity index (χ4n) is 4.41. The maximum atomic E-state index is 3.30. The average Bonchev–Trinajstić information content (AvgIpc) is 3.34. The Kier molecular flexibility index (Phi) is 12.9. The third-order valence-corrected chi connectivity index (χ3v) is 6.86. The minimum Gasteiger partial charge on any atom is -1.00 e. The fourth-order valence-corrected chi connectivity index (χ4v) is 4.82. The van der Waals surface area contributed by atoms with Crippen LogP contribution in [0.25, 0.3) is 11.1 Å². The third kappa shape index (κ3) is 8.73. The van der Waals surface area contributed by atoms with Crippen molar-refractivity contribution in [3.63, 3.8) is 0 Å². The van der Waals surface area contributed by atoms with E-state index in [1.165, 1.54) is 77.5 Å². The number of hydrogen-bond donors (Lipinski definition) is 0. The molecule has 0 fully saturated rings. The molecule has 4 aromatic carbocycles. The quantitative estimate of drug-likeness (QED) is 0.262. The molecule has 0 atom stereocenters. The standard InChI is InChI=1S/C13H9.C11H17.C9H10.2ClH.Zr/c1-3-7-12-10(5-1)9-11-6-2-4-8-13(11)12;1-8-6-9(2)10(7-8)11(3,4)5;1-3-9-6-4-8(2)5-7-9;;;/h1-5,7-8H,9H2;6-7H,1-5H3;4-7H,1-2H3;2*1H;/q2*-1;;;;+2/p-2. The molecule has 0 aliphatic heterocycles. The fraction of sp³-hybridized carbons (Fsp3) is 0.273. The molecule has 0 saturated heterocycles. The molecule has 0 bridgehead atoms. The SMILES string of the molecule is C[C](=[Zr+2])c1ccc(C)cc1.Cc1cc(C(C)(C)C)c(C)[cH-]1.[Cl-].[Cl-].[c-]1cccc2c1Cc1ccccc1-2. The Labute approximate surface area is 246 Å². The Hall–Kier alpha value is -1.66. The summed E-state index contributed by atoms with van der Waals surface area (Å²) in [7, 11) is 0. The van der Waals surface area contributed by atoms with Gasteiger partial charge in [0.2, 0.25) is 0 Å². The average molecular weight is 595 g/mol. The van der Waals surface area contributed by atoms with Crippen molar-refractivity contribution in [2.45, 2.75) is 60.3 Å². The second kappa shape index (κ2) is 14.3. The van der Waals surface area contributed by atoms with Crippen LogP contribution in [0.5, 0.6) is 0 Å². The molecule has 3 heteroatoms. The molecule has 0 spiro atoms. The van der Waals surface area contributed by atoms with Crippen LogP contribution in [0.15, 0.2) is 78.9 Å². The van der Waals surface area contributed by atoms with Crippen LogP contribution in [-0.4, -0.2) is 3.21 Å². The van der Waals surface area contributed by atoms with E-state index in [1.807, 2.05) is 6.07 Å². The molecule has 1 aliphatic carbocycles. The Morgan fingerprint density at radius 2 is 1.47 bits per heavy atom. The maximum Gasteiger partial charge on any atom is -0.0253 e. The van der Waals surface area contributed by atoms with Gasteiger partial charge in [-0.2, -0.15) is 52.6 Å². The second-order valence-electron chi connectivity index (χ2n) is 10.3. The van der Waals surface area contributed by atoms with Crippen molar-refractivity contribution in [3.8, 4) is 11.1 Å². The molecule has 0 unspecified atom stereocenters. The predicted octanol–water partition coefficient (Wildman–Crippen LogP) is 2.47. The Morgan fingerprint density at radius 3 is 2.00 bits per heavy atom. The van der Waals surface area contributed by atoms with E-state index < -0.39 is 0 Å². The number of hydrogen-bond acceptors (Lipinski definition) is 0. The van der Waals surface area contributed by atoms with E-state index >= 15 is 0 Å². The molecule has 0 amide bonds. The molecule has 1 aliphatic rings. The summed E-state index contributed by atoms with van der Waals surface area (Å²) in [4.78, 5) is 0. The molecule has 4 aromatic rings. The zero-order chi connectivity index (χ0) is 24.9. The van der Waals surface area contributed by atoms with Crippen LogP contribution in [-0.2, 0) is 36.1 Å². The van der Waals surface area contributed by atoms with Gasteiger partial charge in [-0.15, -0.1) is 5.56 Å². The number of aryl methyl sites for hydroxylation is 3. The first-order chi connectivity index (χ1) is 16.1. The normalized spacial score (nSPS) is 10.8. The number of fused-ring (bicyclic) bond motifs is 3. The van der Waals surface area contributed by atoms with E-state index in [4.69, 9.17) is 0 Å². The summed E-state index contributed by atoms with van der Waals surface area (Å²) in [6.45, 7) is 15.4. The van der Waals surface area contributed by atoms with Crippen molar-refractivity contribution in [2.75, 3.05) is 0 Å². The minimum absolute atomic E-state index is 0. The van der Waals surface area contributed by atoms with Gasteiger partial charge in [0.05, 0.1) is 0 Å². The first kappa shape index (κ1) is 32.4. The Morgan fingerprint density at radius 1 is 0.861 bits per heavy atom. The molecule has 0 heterocycles. The molecule has 0 nitrogen and oxygen atoms in total. The van der Waals surface area contributed by atoms with Gasteiger partial charge in [-0.1, -0.05) is 75.4 Å². The van der Waals surface area contributed by atoms with Gasteiger partial charge in [0, 0.05) is 0 Å². The molecule has 0 saturated carbocycles. The maximum absolute atomic E-state index is 3.30. The number of halogens is 2. The van der Waals surface area contributed by atoms with Crippen LogP contribution in [0, 0.1) is 26.8 Å². The molecule has 0 N–H and O–H groups in total. The minimum atomic E-state index is 0. The van der Waals surface area contributed by atoms with Crippen molar-refractivity contribution in [2.24, 2.45) is 0 Å². The van der Waals surface area contributed by atoms with Crippen molar-refractivity contribution in [3.05, 3.63) is 124 Å². The summed E-state index contributed by atoms with van der Waals surface area (Å²) in [6, 6.07) is 31.3. The van der Waals surface area contributed by atoms with Crippen LogP contribution in [0.3, 0.4) is 0 Å². The third-order valence-electron chi connectivity index (χ3n) is 6.15. The van der Waals surface area contributed by atoms with E-state index in [-0.39, 0.29) is 24.8 Å². The molecular formula is C33H36Cl2Zr-2. The first-order valence-corrected chi connectivity index (χ1v) is 13.2. The molecule has 36 heavy (non-hydrogen) atoms. The Bertz CT molecular complexity index is 1210. The van der Waals surface area contributed by atoms with Crippen LogP contribution in [0.2, 0.25) is 0 Å². The van der Waals surface area contributed by atoms with Gasteiger partial charge in [-0.25, -0.2) is 6.07 Å². The zero-order valence-corrected chi connectivity index (χ0v) is 26.4. The van der Waals surface area contributed by atoms with Gasteiger partial charge in [0.15, 0.2) is 0 Å². The van der Waals surface area contributed by atoms with Crippen LogP contribution >= 0.6 is 0 Å². The van der Waals surface area contributed by atoms with Crippen molar-refractivity contribution < 1.29 is 49.0 Å². The van der Waals surface area contributed by atoms with Crippen LogP contribution < -0.4 is 24.8 Å². The van der Waals surface area contributed by atoms with Gasteiger partial charge in [0.1, 0.15) is 0 Å². The largest absolute Gasteiger partial charge is 1.00 e. The van der Waals surface area contributed by atoms with Gasteiger partial charge in [0.25, 0.3) is 0 Å². The van der Waals surface area contributed by atoms with Crippen molar-refractivity contribution in [1.29, 1.82) is 0 Å². The summed E-state index contributed by atoms with van der Waals surface area (Å²) in [5, 5.41) is 0. The summed E-state index contributed by atoms with van der Waals surface area (Å²) in [5.41, 5.74) is 12.8. The first-order valence-electron chi connectivity index (χ1n) is 12.0. The van der Waals surface area contributed by atoms with Gasteiger partial charge in [-0.05, 0) is 6.42 Å². The van der Waals surface area contributed by atoms with Crippen LogP contribution in [0.1, 0.15) is 66.6 Å². The van der Waals surface area contributed by atoms with E-state index in [0.717, 1.165) is 6.42 Å². The zero-order valence-electron chi connectivity index (χ0n) is 22.5. The van der Waals surface area contributed by atoms with Gasteiger partial charge in [-0.3, -0.25) is 0 Å². The van der Waals surface area contributed by atoms with Gasteiger partial charge >= 0.3 is 76.7 Å². The smallest absolute Gasteiger partial charge is 0.0253 e. The predicted molar refractivity (Wildman–Crippen MR) is 145 cm³/mol. The van der Waals surface area contributed by atoms with E-state index in [1.54, 1.807) is 0 Å². The summed E-state index contributed by atoms with van der Waals surface area (Å²) in [6.07, 6.45) is 1.05. The Balaban J connectivity index is 0.000000266. The monoisotopic (exact) mass is 592 g/mol. The topological polar surface area (TPSA) is 0 Å². The van der Waals surface area contributed by atoms with E-state index in [2.05, 4.69) is 127 Å². The van der Waals surface area contributed by atoms with Gasteiger partial charge < -0.3 is 24.8 Å². The summed E-state index contributed by atoms with van der Waals surface area (Å²) >= 11 is 1.51. The number of benzene rings is 3. The van der Waals surface area contributed by atoms with Crippen LogP contribution in [0.4, 0.5) is 0 Å². The molecule has 0 radical (unpaired) electrons. The molecule has 188 valence electrons.